The fourth-order valence-electron chi connectivity index (χ4n) is 6.17. The molecule has 1 atom stereocenters. The van der Waals surface area contributed by atoms with Gasteiger partial charge in [0.05, 0.1) is 12.6 Å². The lowest BCUT2D eigenvalue weighted by Crippen LogP contribution is -2.45. The van der Waals surface area contributed by atoms with Gasteiger partial charge in [0.15, 0.2) is 0 Å². The molecule has 1 saturated carbocycles. The number of hydrogen-bond donors (Lipinski definition) is 0. The molecule has 2 heterocycles. The van der Waals surface area contributed by atoms with Crippen LogP contribution in [0.4, 0.5) is 4.39 Å². The number of rotatable bonds is 8. The normalized spacial score (nSPS) is 22.6. The smallest absolute Gasteiger partial charge is 0.254 e. The second kappa shape index (κ2) is 11.8. The zero-order chi connectivity index (χ0) is 25.7. The van der Waals surface area contributed by atoms with E-state index in [1.807, 2.05) is 48.5 Å². The van der Waals surface area contributed by atoms with E-state index in [9.17, 15) is 9.59 Å². The third-order valence-corrected chi connectivity index (χ3v) is 8.49. The summed E-state index contributed by atoms with van der Waals surface area (Å²) < 4.78 is 21.1. The van der Waals surface area contributed by atoms with Crippen molar-refractivity contribution >= 4 is 12.2 Å². The molecule has 0 radical (unpaired) electrons. The van der Waals surface area contributed by atoms with E-state index in [1.165, 1.54) is 6.42 Å². The Bertz CT molecular complexity index is 1040. The van der Waals surface area contributed by atoms with Crippen molar-refractivity contribution < 1.29 is 18.7 Å². The quantitative estimate of drug-likeness (QED) is 0.417. The van der Waals surface area contributed by atoms with Gasteiger partial charge in [0, 0.05) is 18.7 Å². The number of ether oxygens (including phenoxy) is 1. The number of aldehydes is 1. The summed E-state index contributed by atoms with van der Waals surface area (Å²) in [5.74, 6) is 1.29. The Hall–Kier alpha value is -2.73. The highest BCUT2D eigenvalue weighted by Gasteiger charge is 2.35. The monoisotopic (exact) mass is 506 g/mol. The van der Waals surface area contributed by atoms with Crippen LogP contribution in [0.3, 0.4) is 0 Å². The molecular formula is C31H39FN2O3. The average molecular weight is 507 g/mol. The molecule has 2 aromatic carbocycles. The molecule has 2 aromatic rings. The molecule has 37 heavy (non-hydrogen) atoms. The van der Waals surface area contributed by atoms with Gasteiger partial charge in [-0.05, 0) is 92.9 Å². The summed E-state index contributed by atoms with van der Waals surface area (Å²) in [6.45, 7) is 3.87. The molecule has 6 heteroatoms. The van der Waals surface area contributed by atoms with Crippen LogP contribution in [0.15, 0.2) is 48.5 Å². The summed E-state index contributed by atoms with van der Waals surface area (Å²) >= 11 is 0. The molecule has 2 saturated heterocycles. The van der Waals surface area contributed by atoms with Gasteiger partial charge < -0.3 is 19.3 Å². The van der Waals surface area contributed by atoms with Crippen molar-refractivity contribution in [1.82, 2.24) is 9.80 Å². The predicted octanol–water partition coefficient (Wildman–Crippen LogP) is 5.92. The number of amides is 1. The van der Waals surface area contributed by atoms with Crippen molar-refractivity contribution in [3.05, 3.63) is 54.1 Å². The van der Waals surface area contributed by atoms with E-state index < -0.39 is 5.67 Å². The highest BCUT2D eigenvalue weighted by molar-refractivity contribution is 5.96. The summed E-state index contributed by atoms with van der Waals surface area (Å²) in [6, 6.07) is 15.4. The summed E-state index contributed by atoms with van der Waals surface area (Å²) in [7, 11) is 0. The van der Waals surface area contributed by atoms with Crippen molar-refractivity contribution in [1.29, 1.82) is 0 Å². The van der Waals surface area contributed by atoms with Crippen LogP contribution < -0.4 is 4.74 Å². The fourth-order valence-corrected chi connectivity index (χ4v) is 6.17. The molecule has 0 bridgehead atoms. The molecule has 0 unspecified atom stereocenters. The van der Waals surface area contributed by atoms with Gasteiger partial charge in [0.1, 0.15) is 17.7 Å². The first-order valence-electron chi connectivity index (χ1n) is 14.0. The van der Waals surface area contributed by atoms with Crippen molar-refractivity contribution in [3.8, 4) is 16.9 Å². The Balaban J connectivity index is 1.08. The van der Waals surface area contributed by atoms with Gasteiger partial charge in [-0.3, -0.25) is 4.79 Å². The maximum absolute atomic E-state index is 15.0. The Kier molecular flexibility index (Phi) is 8.23. The molecule has 2 aliphatic heterocycles. The van der Waals surface area contributed by atoms with Gasteiger partial charge in [-0.2, -0.15) is 0 Å². The molecule has 3 fully saturated rings. The van der Waals surface area contributed by atoms with E-state index in [0.29, 0.717) is 31.2 Å². The number of halogens is 1. The first-order valence-corrected chi connectivity index (χ1v) is 14.0. The third kappa shape index (κ3) is 6.40. The van der Waals surface area contributed by atoms with Crippen molar-refractivity contribution in [2.45, 2.75) is 69.5 Å². The van der Waals surface area contributed by atoms with Crippen molar-refractivity contribution in [3.63, 3.8) is 0 Å². The van der Waals surface area contributed by atoms with E-state index in [0.717, 1.165) is 87.6 Å². The Morgan fingerprint density at radius 3 is 2.19 bits per heavy atom. The van der Waals surface area contributed by atoms with Crippen LogP contribution in [-0.2, 0) is 4.79 Å². The van der Waals surface area contributed by atoms with Crippen LogP contribution >= 0.6 is 0 Å². The van der Waals surface area contributed by atoms with Gasteiger partial charge >= 0.3 is 0 Å². The first kappa shape index (κ1) is 25.9. The summed E-state index contributed by atoms with van der Waals surface area (Å²) in [5, 5.41) is 0. The summed E-state index contributed by atoms with van der Waals surface area (Å²) in [6.07, 6.45) is 9.34. The number of likely N-dealkylation sites (tertiary alicyclic amines) is 2. The predicted molar refractivity (Wildman–Crippen MR) is 144 cm³/mol. The fraction of sp³-hybridized carbons (Fsp3) is 0.548. The number of piperidine rings is 1. The molecule has 3 aliphatic rings. The number of carbonyl (C=O) groups is 2. The third-order valence-electron chi connectivity index (χ3n) is 8.49. The van der Waals surface area contributed by atoms with Crippen LogP contribution in [0.25, 0.3) is 11.1 Å². The molecule has 5 rings (SSSR count). The minimum absolute atomic E-state index is 0.0751. The minimum Gasteiger partial charge on any atom is -0.493 e. The highest BCUT2D eigenvalue weighted by atomic mass is 19.1. The summed E-state index contributed by atoms with van der Waals surface area (Å²) in [5.41, 5.74) is 1.75. The first-order chi connectivity index (χ1) is 18.0. The van der Waals surface area contributed by atoms with Gasteiger partial charge in [-0.25, -0.2) is 4.39 Å². The van der Waals surface area contributed by atoms with Crippen LogP contribution in [0.5, 0.6) is 5.75 Å². The van der Waals surface area contributed by atoms with Crippen molar-refractivity contribution in [2.75, 3.05) is 32.8 Å². The molecular weight excluding hydrogens is 467 g/mol. The number of nitrogens with zero attached hydrogens (tertiary/aromatic N) is 2. The Morgan fingerprint density at radius 1 is 0.892 bits per heavy atom. The molecule has 198 valence electrons. The maximum Gasteiger partial charge on any atom is 0.254 e. The molecule has 5 nitrogen and oxygen atoms in total. The van der Waals surface area contributed by atoms with E-state index in [2.05, 4.69) is 4.90 Å². The number of hydrogen-bond acceptors (Lipinski definition) is 4. The van der Waals surface area contributed by atoms with E-state index in [4.69, 9.17) is 4.74 Å². The second-order valence-electron chi connectivity index (χ2n) is 11.2. The molecule has 0 spiro atoms. The van der Waals surface area contributed by atoms with E-state index in [-0.39, 0.29) is 11.9 Å². The van der Waals surface area contributed by atoms with Gasteiger partial charge in [-0.1, -0.05) is 43.5 Å². The molecule has 0 aromatic heterocycles. The second-order valence-corrected chi connectivity index (χ2v) is 11.2. The van der Waals surface area contributed by atoms with E-state index in [1.54, 1.807) is 4.90 Å². The van der Waals surface area contributed by atoms with E-state index >= 15 is 4.39 Å². The van der Waals surface area contributed by atoms with Crippen LogP contribution in [0.1, 0.15) is 68.1 Å². The van der Waals surface area contributed by atoms with Gasteiger partial charge in [-0.15, -0.1) is 0 Å². The standard InChI is InChI=1S/C31H39FN2O3/c32-31(16-2-1-3-17-31)23-33-19-14-24(15-20-33)22-37-29-12-10-26(11-13-29)25-6-8-27(9-7-25)30(36)34-18-4-5-28(34)21-35/h6-13,21,24,28H,1-5,14-20,22-23H2/t28-/m0/s1. The molecule has 1 amide bonds. The average Bonchev–Trinajstić information content (AvgIpc) is 3.42. The topological polar surface area (TPSA) is 49.9 Å². The van der Waals surface area contributed by atoms with Crippen LogP contribution in [0, 0.1) is 5.92 Å². The Morgan fingerprint density at radius 2 is 1.54 bits per heavy atom. The van der Waals surface area contributed by atoms with Gasteiger partial charge in [0.25, 0.3) is 5.91 Å². The lowest BCUT2D eigenvalue weighted by atomic mass is 9.85. The van der Waals surface area contributed by atoms with Gasteiger partial charge in [0.2, 0.25) is 0 Å². The summed E-state index contributed by atoms with van der Waals surface area (Å²) in [4.78, 5) is 28.0. The SMILES string of the molecule is O=C[C@@H]1CCCN1C(=O)c1ccc(-c2ccc(OCC3CCN(CC4(F)CCCCC4)CC3)cc2)cc1. The molecule has 0 N–H and O–H groups in total. The maximum atomic E-state index is 15.0. The largest absolute Gasteiger partial charge is 0.493 e. The lowest BCUT2D eigenvalue weighted by Gasteiger charge is -2.38. The van der Waals surface area contributed by atoms with Crippen LogP contribution in [0.2, 0.25) is 0 Å². The zero-order valence-corrected chi connectivity index (χ0v) is 21.7. The van der Waals surface area contributed by atoms with Crippen LogP contribution in [-0.4, -0.2) is 66.5 Å². The molecule has 1 aliphatic carbocycles. The number of benzene rings is 2. The Labute approximate surface area is 220 Å². The number of carbonyl (C=O) groups excluding carboxylic acids is 2. The number of alkyl halides is 1. The zero-order valence-electron chi connectivity index (χ0n) is 21.7. The minimum atomic E-state index is -0.966. The van der Waals surface area contributed by atoms with Crippen molar-refractivity contribution in [2.24, 2.45) is 5.92 Å². The lowest BCUT2D eigenvalue weighted by molar-refractivity contribution is -0.111. The highest BCUT2D eigenvalue weighted by Crippen LogP contribution is 2.34.